The predicted octanol–water partition coefficient (Wildman–Crippen LogP) is 2.03. The summed E-state index contributed by atoms with van der Waals surface area (Å²) < 4.78 is 4.72. The molecule has 3 N–H and O–H groups in total. The van der Waals surface area contributed by atoms with Crippen molar-refractivity contribution in [2.24, 2.45) is 5.73 Å². The summed E-state index contributed by atoms with van der Waals surface area (Å²) in [5.74, 6) is -0.368. The summed E-state index contributed by atoms with van der Waals surface area (Å²) in [7, 11) is 1.36. The fourth-order valence-corrected chi connectivity index (χ4v) is 2.10. The zero-order valence-electron chi connectivity index (χ0n) is 9.57. The summed E-state index contributed by atoms with van der Waals surface area (Å²) in [6.07, 6.45) is 1.82. The second-order valence-corrected chi connectivity index (χ2v) is 4.69. The first-order valence-electron chi connectivity index (χ1n) is 5.50. The van der Waals surface area contributed by atoms with Crippen LogP contribution in [-0.2, 0) is 4.74 Å². The van der Waals surface area contributed by atoms with Gasteiger partial charge in [0.25, 0.3) is 0 Å². The Hall–Kier alpha value is -1.26. The first-order valence-corrected chi connectivity index (χ1v) is 5.88. The number of nitrogens with two attached hydrogens (primary N) is 1. The smallest absolute Gasteiger partial charge is 0.339 e. The minimum Gasteiger partial charge on any atom is -0.465 e. The summed E-state index contributed by atoms with van der Waals surface area (Å²) in [6, 6.07) is 5.64. The zero-order valence-corrected chi connectivity index (χ0v) is 10.3. The van der Waals surface area contributed by atoms with E-state index in [2.05, 4.69) is 5.32 Å². The molecule has 0 heterocycles. The van der Waals surface area contributed by atoms with Gasteiger partial charge in [0, 0.05) is 17.1 Å². The Kier molecular flexibility index (Phi) is 3.54. The number of nitrogens with one attached hydrogen (secondary N) is 1. The van der Waals surface area contributed by atoms with Crippen molar-refractivity contribution in [2.45, 2.75) is 24.9 Å². The molecule has 1 aromatic rings. The summed E-state index contributed by atoms with van der Waals surface area (Å²) in [5.41, 5.74) is 6.93. The number of halogens is 1. The van der Waals surface area contributed by atoms with E-state index >= 15 is 0 Å². The third kappa shape index (κ3) is 2.70. The molecule has 0 unspecified atom stereocenters. The number of carbonyl (C=O) groups excluding carboxylic acids is 1. The highest BCUT2D eigenvalue weighted by molar-refractivity contribution is 6.31. The minimum absolute atomic E-state index is 0.258. The van der Waals surface area contributed by atoms with Gasteiger partial charge in [0.05, 0.1) is 18.4 Å². The van der Waals surface area contributed by atoms with E-state index in [1.165, 1.54) is 7.11 Å². The maximum atomic E-state index is 11.6. The zero-order chi connectivity index (χ0) is 12.4. The molecule has 1 aliphatic rings. The standard InChI is InChI=1S/C12H15ClN2O2/c1-17-12(16)10-3-2-7(13)4-11(10)15-9-5-8(14)6-9/h2-4,8-9,15H,5-6,14H2,1H3. The average molecular weight is 255 g/mol. The van der Waals surface area contributed by atoms with Gasteiger partial charge in [-0.05, 0) is 31.0 Å². The number of ether oxygens (including phenoxy) is 1. The molecule has 0 aromatic heterocycles. The molecule has 4 nitrogen and oxygen atoms in total. The van der Waals surface area contributed by atoms with Crippen LogP contribution in [0.4, 0.5) is 5.69 Å². The van der Waals surface area contributed by atoms with Crippen molar-refractivity contribution in [1.29, 1.82) is 0 Å². The molecule has 1 aromatic carbocycles. The van der Waals surface area contributed by atoms with Crippen molar-refractivity contribution in [3.8, 4) is 0 Å². The quantitative estimate of drug-likeness (QED) is 0.810. The molecule has 0 aliphatic heterocycles. The molecular formula is C12H15ClN2O2. The normalized spacial score (nSPS) is 22.8. The van der Waals surface area contributed by atoms with Gasteiger partial charge in [-0.1, -0.05) is 11.6 Å². The van der Waals surface area contributed by atoms with Crippen molar-refractivity contribution < 1.29 is 9.53 Å². The van der Waals surface area contributed by atoms with Crippen molar-refractivity contribution in [3.63, 3.8) is 0 Å². The van der Waals surface area contributed by atoms with Gasteiger partial charge in [0.15, 0.2) is 0 Å². The molecule has 5 heteroatoms. The SMILES string of the molecule is COC(=O)c1ccc(Cl)cc1NC1CC(N)C1. The molecule has 0 radical (unpaired) electrons. The molecule has 17 heavy (non-hydrogen) atoms. The monoisotopic (exact) mass is 254 g/mol. The Labute approximate surface area is 105 Å². The Bertz CT molecular complexity index is 431. The van der Waals surface area contributed by atoms with Crippen molar-refractivity contribution >= 4 is 23.3 Å². The lowest BCUT2D eigenvalue weighted by Crippen LogP contribution is -2.44. The number of hydrogen-bond acceptors (Lipinski definition) is 4. The van der Waals surface area contributed by atoms with E-state index in [9.17, 15) is 4.79 Å². The van der Waals surface area contributed by atoms with Gasteiger partial charge < -0.3 is 15.8 Å². The lowest BCUT2D eigenvalue weighted by atomic mass is 9.87. The summed E-state index contributed by atoms with van der Waals surface area (Å²) in [6.45, 7) is 0. The Balaban J connectivity index is 2.18. The minimum atomic E-state index is -0.368. The molecular weight excluding hydrogens is 240 g/mol. The van der Waals surface area contributed by atoms with Gasteiger partial charge >= 0.3 is 5.97 Å². The third-order valence-corrected chi connectivity index (χ3v) is 3.16. The van der Waals surface area contributed by atoms with Crippen LogP contribution in [0.3, 0.4) is 0 Å². The van der Waals surface area contributed by atoms with Gasteiger partial charge in [0.1, 0.15) is 0 Å². The van der Waals surface area contributed by atoms with Gasteiger partial charge in [-0.25, -0.2) is 4.79 Å². The summed E-state index contributed by atoms with van der Waals surface area (Å²) >= 11 is 5.92. The number of hydrogen-bond donors (Lipinski definition) is 2. The van der Waals surface area contributed by atoms with Crippen LogP contribution in [0.1, 0.15) is 23.2 Å². The molecule has 1 fully saturated rings. The number of methoxy groups -OCH3 is 1. The van der Waals surface area contributed by atoms with E-state index in [1.807, 2.05) is 0 Å². The Morgan fingerprint density at radius 1 is 1.53 bits per heavy atom. The van der Waals surface area contributed by atoms with Gasteiger partial charge in [0.2, 0.25) is 0 Å². The van der Waals surface area contributed by atoms with E-state index in [-0.39, 0.29) is 12.0 Å². The highest BCUT2D eigenvalue weighted by Gasteiger charge is 2.26. The van der Waals surface area contributed by atoms with Crippen LogP contribution < -0.4 is 11.1 Å². The topological polar surface area (TPSA) is 64.3 Å². The van der Waals surface area contributed by atoms with Gasteiger partial charge in [-0.3, -0.25) is 0 Å². The van der Waals surface area contributed by atoms with E-state index in [0.29, 0.717) is 22.3 Å². The molecule has 0 saturated heterocycles. The van der Waals surface area contributed by atoms with Crippen LogP contribution in [-0.4, -0.2) is 25.2 Å². The van der Waals surface area contributed by atoms with Crippen LogP contribution in [0.2, 0.25) is 5.02 Å². The molecule has 2 rings (SSSR count). The fraction of sp³-hybridized carbons (Fsp3) is 0.417. The highest BCUT2D eigenvalue weighted by atomic mass is 35.5. The molecule has 1 saturated carbocycles. The fourth-order valence-electron chi connectivity index (χ4n) is 1.92. The lowest BCUT2D eigenvalue weighted by molar-refractivity contribution is 0.0602. The Morgan fingerprint density at radius 3 is 2.82 bits per heavy atom. The van der Waals surface area contributed by atoms with E-state index < -0.39 is 0 Å². The Morgan fingerprint density at radius 2 is 2.24 bits per heavy atom. The van der Waals surface area contributed by atoms with Gasteiger partial charge in [-0.2, -0.15) is 0 Å². The van der Waals surface area contributed by atoms with Gasteiger partial charge in [-0.15, -0.1) is 0 Å². The molecule has 0 atom stereocenters. The molecule has 0 spiro atoms. The summed E-state index contributed by atoms with van der Waals surface area (Å²) in [4.78, 5) is 11.6. The lowest BCUT2D eigenvalue weighted by Gasteiger charge is -2.34. The first kappa shape index (κ1) is 12.2. The number of benzene rings is 1. The number of esters is 1. The second kappa shape index (κ2) is 4.94. The van der Waals surface area contributed by atoms with Crippen LogP contribution >= 0.6 is 11.6 Å². The second-order valence-electron chi connectivity index (χ2n) is 4.25. The summed E-state index contributed by atoms with van der Waals surface area (Å²) in [5, 5.41) is 3.85. The molecule has 92 valence electrons. The maximum Gasteiger partial charge on any atom is 0.339 e. The van der Waals surface area contributed by atoms with Crippen molar-refractivity contribution in [1.82, 2.24) is 0 Å². The number of anilines is 1. The number of rotatable bonds is 3. The molecule has 1 aliphatic carbocycles. The maximum absolute atomic E-state index is 11.6. The van der Waals surface area contributed by atoms with Crippen LogP contribution in [0.5, 0.6) is 0 Å². The number of carbonyl (C=O) groups is 1. The predicted molar refractivity (Wildman–Crippen MR) is 67.4 cm³/mol. The molecule has 0 bridgehead atoms. The average Bonchev–Trinajstić information content (AvgIpc) is 2.26. The largest absolute Gasteiger partial charge is 0.465 e. The first-order chi connectivity index (χ1) is 8.10. The van der Waals surface area contributed by atoms with Crippen molar-refractivity contribution in [2.75, 3.05) is 12.4 Å². The van der Waals surface area contributed by atoms with Crippen LogP contribution in [0, 0.1) is 0 Å². The highest BCUT2D eigenvalue weighted by Crippen LogP contribution is 2.27. The van der Waals surface area contributed by atoms with E-state index in [0.717, 1.165) is 12.8 Å². The van der Waals surface area contributed by atoms with E-state index in [1.54, 1.807) is 18.2 Å². The van der Waals surface area contributed by atoms with Crippen LogP contribution in [0.15, 0.2) is 18.2 Å². The van der Waals surface area contributed by atoms with E-state index in [4.69, 9.17) is 22.1 Å². The van der Waals surface area contributed by atoms with Crippen LogP contribution in [0.25, 0.3) is 0 Å². The third-order valence-electron chi connectivity index (χ3n) is 2.92. The van der Waals surface area contributed by atoms with Crippen molar-refractivity contribution in [3.05, 3.63) is 28.8 Å². The molecule has 0 amide bonds.